The molecule has 116 valence electrons. The van der Waals surface area contributed by atoms with Gasteiger partial charge in [0.2, 0.25) is 5.91 Å². The summed E-state index contributed by atoms with van der Waals surface area (Å²) in [6.45, 7) is 0.576. The third-order valence-corrected chi connectivity index (χ3v) is 4.49. The summed E-state index contributed by atoms with van der Waals surface area (Å²) in [5.41, 5.74) is -0.504. The maximum absolute atomic E-state index is 12.4. The van der Waals surface area contributed by atoms with Crippen molar-refractivity contribution < 1.29 is 14.7 Å². The maximum atomic E-state index is 12.4. The number of carbonyl (C=O) groups is 2. The van der Waals surface area contributed by atoms with Crippen molar-refractivity contribution in [1.29, 1.82) is 0 Å². The summed E-state index contributed by atoms with van der Waals surface area (Å²) in [6.07, 6.45) is 10.3. The van der Waals surface area contributed by atoms with Gasteiger partial charge in [-0.25, -0.2) is 4.98 Å². The molecular formula is C15H23N3O3. The molecule has 1 amide bonds. The summed E-state index contributed by atoms with van der Waals surface area (Å²) in [4.78, 5) is 29.3. The van der Waals surface area contributed by atoms with Gasteiger partial charge in [0.15, 0.2) is 0 Å². The highest BCUT2D eigenvalue weighted by molar-refractivity contribution is 5.78. The van der Waals surface area contributed by atoms with Crippen LogP contribution in [0.4, 0.5) is 0 Å². The summed E-state index contributed by atoms with van der Waals surface area (Å²) in [5.74, 6) is -0.821. The number of nitrogens with zero attached hydrogens (tertiary/aromatic N) is 3. The van der Waals surface area contributed by atoms with Gasteiger partial charge >= 0.3 is 5.97 Å². The quantitative estimate of drug-likeness (QED) is 0.869. The van der Waals surface area contributed by atoms with Gasteiger partial charge in [0.25, 0.3) is 0 Å². The normalized spacial score (nSPS) is 17.4. The largest absolute Gasteiger partial charge is 0.481 e. The molecule has 1 aliphatic carbocycles. The van der Waals surface area contributed by atoms with Gasteiger partial charge in [0.1, 0.15) is 0 Å². The minimum absolute atomic E-state index is 0.00634. The molecule has 0 atom stereocenters. The molecular weight excluding hydrogens is 270 g/mol. The first-order valence-electron chi connectivity index (χ1n) is 7.48. The van der Waals surface area contributed by atoms with Crippen LogP contribution in [0.25, 0.3) is 0 Å². The molecule has 21 heavy (non-hydrogen) atoms. The van der Waals surface area contributed by atoms with E-state index in [0.717, 1.165) is 32.1 Å². The molecule has 0 saturated heterocycles. The smallest absolute Gasteiger partial charge is 0.305 e. The molecule has 1 aromatic heterocycles. The van der Waals surface area contributed by atoms with Gasteiger partial charge in [-0.3, -0.25) is 9.59 Å². The first-order valence-corrected chi connectivity index (χ1v) is 7.48. The summed E-state index contributed by atoms with van der Waals surface area (Å²) >= 11 is 0. The molecule has 1 N–H and O–H groups in total. The van der Waals surface area contributed by atoms with Crippen molar-refractivity contribution >= 4 is 11.9 Å². The topological polar surface area (TPSA) is 75.4 Å². The van der Waals surface area contributed by atoms with Crippen LogP contribution in [-0.4, -0.2) is 44.0 Å². The number of hydrogen-bond acceptors (Lipinski definition) is 3. The Balaban J connectivity index is 2.00. The van der Waals surface area contributed by atoms with Gasteiger partial charge in [0, 0.05) is 32.4 Å². The van der Waals surface area contributed by atoms with E-state index in [1.807, 2.05) is 10.8 Å². The van der Waals surface area contributed by atoms with Crippen molar-refractivity contribution in [3.05, 3.63) is 18.7 Å². The molecule has 0 radical (unpaired) electrons. The molecule has 6 heteroatoms. The highest BCUT2D eigenvalue weighted by atomic mass is 16.4. The number of imidazole rings is 1. The minimum Gasteiger partial charge on any atom is -0.481 e. The molecule has 1 saturated carbocycles. The van der Waals surface area contributed by atoms with E-state index in [4.69, 9.17) is 0 Å². The fourth-order valence-electron chi connectivity index (χ4n) is 3.20. The zero-order valence-corrected chi connectivity index (χ0v) is 12.5. The molecule has 0 aliphatic heterocycles. The van der Waals surface area contributed by atoms with Gasteiger partial charge in [-0.1, -0.05) is 19.3 Å². The lowest BCUT2D eigenvalue weighted by Gasteiger charge is -2.44. The fourth-order valence-corrected chi connectivity index (χ4v) is 3.20. The van der Waals surface area contributed by atoms with Gasteiger partial charge in [-0.05, 0) is 12.8 Å². The second-order valence-electron chi connectivity index (χ2n) is 5.86. The number of rotatable bonds is 6. The van der Waals surface area contributed by atoms with E-state index in [2.05, 4.69) is 4.98 Å². The van der Waals surface area contributed by atoms with Crippen molar-refractivity contribution in [3.63, 3.8) is 0 Å². The molecule has 1 aliphatic rings. The third kappa shape index (κ3) is 3.83. The number of aryl methyl sites for hydroxylation is 1. The van der Waals surface area contributed by atoms with Crippen molar-refractivity contribution in [1.82, 2.24) is 14.5 Å². The van der Waals surface area contributed by atoms with Crippen LogP contribution < -0.4 is 0 Å². The molecule has 6 nitrogen and oxygen atoms in total. The van der Waals surface area contributed by atoms with Gasteiger partial charge in [-0.15, -0.1) is 0 Å². The van der Waals surface area contributed by atoms with E-state index >= 15 is 0 Å². The molecule has 2 rings (SSSR count). The molecule has 0 spiro atoms. The van der Waals surface area contributed by atoms with Crippen LogP contribution in [0.5, 0.6) is 0 Å². The Labute approximate surface area is 124 Å². The number of carboxylic acid groups (broad SMARTS) is 1. The van der Waals surface area contributed by atoms with Crippen molar-refractivity contribution in [2.75, 3.05) is 7.05 Å². The van der Waals surface area contributed by atoms with Crippen LogP contribution in [0, 0.1) is 0 Å². The van der Waals surface area contributed by atoms with Crippen LogP contribution in [0.3, 0.4) is 0 Å². The fraction of sp³-hybridized carbons (Fsp3) is 0.667. The van der Waals surface area contributed by atoms with Crippen LogP contribution >= 0.6 is 0 Å². The van der Waals surface area contributed by atoms with Crippen LogP contribution in [0.1, 0.15) is 44.9 Å². The Kier molecular flexibility index (Phi) is 4.98. The second kappa shape index (κ2) is 6.74. The van der Waals surface area contributed by atoms with E-state index in [-0.39, 0.29) is 12.3 Å². The lowest BCUT2D eigenvalue weighted by atomic mass is 9.78. The minimum atomic E-state index is -0.828. The molecule has 1 fully saturated rings. The molecule has 0 unspecified atom stereocenters. The van der Waals surface area contributed by atoms with E-state index in [9.17, 15) is 14.7 Å². The number of carbonyl (C=O) groups excluding carboxylic acids is 1. The van der Waals surface area contributed by atoms with Crippen molar-refractivity contribution in [2.24, 2.45) is 0 Å². The molecule has 0 bridgehead atoms. The Morgan fingerprint density at radius 1 is 1.33 bits per heavy atom. The number of aliphatic carboxylic acids is 1. The van der Waals surface area contributed by atoms with Crippen molar-refractivity contribution in [3.8, 4) is 0 Å². The number of carboxylic acids is 1. The summed E-state index contributed by atoms with van der Waals surface area (Å²) < 4.78 is 1.86. The number of hydrogen-bond donors (Lipinski definition) is 1. The summed E-state index contributed by atoms with van der Waals surface area (Å²) in [5, 5.41) is 9.19. The monoisotopic (exact) mass is 293 g/mol. The lowest BCUT2D eigenvalue weighted by Crippen LogP contribution is -2.52. The van der Waals surface area contributed by atoms with Crippen molar-refractivity contribution in [2.45, 2.75) is 57.0 Å². The standard InChI is InChI=1S/C15H23N3O3/c1-17(13(19)5-9-18-10-8-16-12-18)15(11-14(20)21)6-3-2-4-7-15/h8,10,12H,2-7,9,11H2,1H3,(H,20,21). The zero-order chi connectivity index (χ0) is 15.3. The SMILES string of the molecule is CN(C(=O)CCn1ccnc1)C1(CC(=O)O)CCCCC1. The van der Waals surface area contributed by atoms with Crippen LogP contribution in [-0.2, 0) is 16.1 Å². The highest BCUT2D eigenvalue weighted by Gasteiger charge is 2.40. The Hall–Kier alpha value is -1.85. The third-order valence-electron chi connectivity index (χ3n) is 4.49. The average molecular weight is 293 g/mol. The van der Waals surface area contributed by atoms with Gasteiger partial charge < -0.3 is 14.6 Å². The van der Waals surface area contributed by atoms with E-state index < -0.39 is 11.5 Å². The predicted molar refractivity (Wildman–Crippen MR) is 77.7 cm³/mol. The number of amides is 1. The highest BCUT2D eigenvalue weighted by Crippen LogP contribution is 2.36. The van der Waals surface area contributed by atoms with Crippen LogP contribution in [0.2, 0.25) is 0 Å². The summed E-state index contributed by atoms with van der Waals surface area (Å²) in [6, 6.07) is 0. The second-order valence-corrected chi connectivity index (χ2v) is 5.86. The molecule has 1 aromatic rings. The predicted octanol–water partition coefficient (Wildman–Crippen LogP) is 1.91. The van der Waals surface area contributed by atoms with E-state index in [1.54, 1.807) is 24.5 Å². The van der Waals surface area contributed by atoms with E-state index in [1.165, 1.54) is 0 Å². The Bertz CT molecular complexity index is 478. The van der Waals surface area contributed by atoms with E-state index in [0.29, 0.717) is 13.0 Å². The van der Waals surface area contributed by atoms with Gasteiger partial charge in [-0.2, -0.15) is 0 Å². The Morgan fingerprint density at radius 3 is 2.62 bits per heavy atom. The maximum Gasteiger partial charge on any atom is 0.305 e. The lowest BCUT2D eigenvalue weighted by molar-refractivity contribution is -0.146. The molecule has 0 aromatic carbocycles. The van der Waals surface area contributed by atoms with Gasteiger partial charge in [0.05, 0.1) is 18.3 Å². The zero-order valence-electron chi connectivity index (χ0n) is 12.5. The first kappa shape index (κ1) is 15.5. The first-order chi connectivity index (χ1) is 10.0. The molecule has 1 heterocycles. The Morgan fingerprint density at radius 2 is 2.05 bits per heavy atom. The van der Waals surface area contributed by atoms with Crippen LogP contribution in [0.15, 0.2) is 18.7 Å². The average Bonchev–Trinajstić information content (AvgIpc) is 2.97. The number of aromatic nitrogens is 2. The summed E-state index contributed by atoms with van der Waals surface area (Å²) in [7, 11) is 1.75.